The fraction of sp³-hybridized carbons (Fsp3) is 0.267. The standard InChI is InChI=1S/C15H17N3O3/c1-9-14(10(2)18(3)17-9)16-13(19)8-11-6-4-5-7-12(11)15(20)21/h4-7H,8H2,1-3H3,(H,16,19)(H,20,21). The summed E-state index contributed by atoms with van der Waals surface area (Å²) in [6.07, 6.45) is 0.0102. The number of nitrogens with one attached hydrogen (secondary N) is 1. The zero-order valence-electron chi connectivity index (χ0n) is 12.2. The van der Waals surface area contributed by atoms with E-state index in [1.807, 2.05) is 13.8 Å². The summed E-state index contributed by atoms with van der Waals surface area (Å²) < 4.78 is 1.69. The van der Waals surface area contributed by atoms with Crippen molar-refractivity contribution in [3.05, 3.63) is 46.8 Å². The number of amides is 1. The third-order valence-electron chi connectivity index (χ3n) is 3.37. The van der Waals surface area contributed by atoms with Crippen LogP contribution in [0.25, 0.3) is 0 Å². The number of rotatable bonds is 4. The second-order valence-corrected chi connectivity index (χ2v) is 4.86. The SMILES string of the molecule is Cc1nn(C)c(C)c1NC(=O)Cc1ccccc1C(=O)O. The van der Waals surface area contributed by atoms with Gasteiger partial charge in [-0.1, -0.05) is 18.2 Å². The molecule has 2 aromatic rings. The van der Waals surface area contributed by atoms with Gasteiger partial charge in [-0.15, -0.1) is 0 Å². The first kappa shape index (κ1) is 14.8. The van der Waals surface area contributed by atoms with Crippen LogP contribution in [-0.2, 0) is 18.3 Å². The first-order valence-electron chi connectivity index (χ1n) is 6.51. The van der Waals surface area contributed by atoms with E-state index in [1.165, 1.54) is 6.07 Å². The highest BCUT2D eigenvalue weighted by Crippen LogP contribution is 2.19. The molecule has 1 aromatic heterocycles. The first-order chi connectivity index (χ1) is 9.90. The number of carboxylic acid groups (broad SMARTS) is 1. The van der Waals surface area contributed by atoms with Gasteiger partial charge in [-0.2, -0.15) is 5.10 Å². The van der Waals surface area contributed by atoms with Gasteiger partial charge in [-0.25, -0.2) is 4.79 Å². The molecule has 1 aromatic carbocycles. The van der Waals surface area contributed by atoms with Crippen LogP contribution in [0.5, 0.6) is 0 Å². The molecule has 0 aliphatic heterocycles. The van der Waals surface area contributed by atoms with E-state index in [1.54, 1.807) is 29.9 Å². The quantitative estimate of drug-likeness (QED) is 0.899. The van der Waals surface area contributed by atoms with Crippen molar-refractivity contribution < 1.29 is 14.7 Å². The zero-order valence-corrected chi connectivity index (χ0v) is 12.2. The second kappa shape index (κ2) is 5.78. The Labute approximate surface area is 122 Å². The molecular formula is C15H17N3O3. The lowest BCUT2D eigenvalue weighted by Crippen LogP contribution is -2.17. The molecule has 0 unspecified atom stereocenters. The minimum atomic E-state index is -1.04. The molecule has 0 radical (unpaired) electrons. The van der Waals surface area contributed by atoms with Gasteiger partial charge in [-0.05, 0) is 25.5 Å². The molecule has 0 saturated heterocycles. The number of anilines is 1. The van der Waals surface area contributed by atoms with Gasteiger partial charge >= 0.3 is 5.97 Å². The third kappa shape index (κ3) is 3.10. The largest absolute Gasteiger partial charge is 0.478 e. The Balaban J connectivity index is 2.18. The zero-order chi connectivity index (χ0) is 15.6. The monoisotopic (exact) mass is 287 g/mol. The van der Waals surface area contributed by atoms with Crippen LogP contribution in [0.3, 0.4) is 0 Å². The molecule has 0 aliphatic rings. The molecule has 6 heteroatoms. The minimum Gasteiger partial charge on any atom is -0.478 e. The molecule has 0 spiro atoms. The van der Waals surface area contributed by atoms with Gasteiger partial charge in [0.25, 0.3) is 0 Å². The summed E-state index contributed by atoms with van der Waals surface area (Å²) in [5.74, 6) is -1.30. The maximum absolute atomic E-state index is 12.1. The summed E-state index contributed by atoms with van der Waals surface area (Å²) in [6, 6.07) is 6.49. The molecule has 1 amide bonds. The molecule has 6 nitrogen and oxygen atoms in total. The average molecular weight is 287 g/mol. The molecule has 21 heavy (non-hydrogen) atoms. The second-order valence-electron chi connectivity index (χ2n) is 4.86. The van der Waals surface area contributed by atoms with Crippen LogP contribution in [0.1, 0.15) is 27.3 Å². The van der Waals surface area contributed by atoms with Crippen molar-refractivity contribution in [1.82, 2.24) is 9.78 Å². The van der Waals surface area contributed by atoms with E-state index < -0.39 is 5.97 Å². The van der Waals surface area contributed by atoms with Crippen LogP contribution in [0, 0.1) is 13.8 Å². The number of carbonyl (C=O) groups excluding carboxylic acids is 1. The van der Waals surface area contributed by atoms with E-state index in [-0.39, 0.29) is 17.9 Å². The molecule has 0 fully saturated rings. The topological polar surface area (TPSA) is 84.2 Å². The molecule has 2 N–H and O–H groups in total. The molecular weight excluding hydrogens is 270 g/mol. The summed E-state index contributed by atoms with van der Waals surface area (Å²) in [5.41, 5.74) is 2.89. The van der Waals surface area contributed by atoms with Gasteiger partial charge in [0.1, 0.15) is 0 Å². The normalized spacial score (nSPS) is 10.4. The van der Waals surface area contributed by atoms with Crippen molar-refractivity contribution >= 4 is 17.6 Å². The fourth-order valence-electron chi connectivity index (χ4n) is 2.19. The molecule has 110 valence electrons. The maximum atomic E-state index is 12.1. The van der Waals surface area contributed by atoms with Crippen LogP contribution >= 0.6 is 0 Å². The number of aromatic carboxylic acids is 1. The van der Waals surface area contributed by atoms with Crippen molar-refractivity contribution in [2.45, 2.75) is 20.3 Å². The molecule has 0 aliphatic carbocycles. The summed E-state index contributed by atoms with van der Waals surface area (Å²) in [5, 5.41) is 16.1. The Morgan fingerprint density at radius 2 is 1.95 bits per heavy atom. The van der Waals surface area contributed by atoms with Crippen molar-refractivity contribution in [2.24, 2.45) is 7.05 Å². The summed E-state index contributed by atoms with van der Waals surface area (Å²) in [7, 11) is 1.80. The lowest BCUT2D eigenvalue weighted by atomic mass is 10.0. The molecule has 0 bridgehead atoms. The number of carboxylic acids is 1. The van der Waals surface area contributed by atoms with Gasteiger partial charge in [0, 0.05) is 7.05 Å². The summed E-state index contributed by atoms with van der Waals surface area (Å²) >= 11 is 0. The van der Waals surface area contributed by atoms with Crippen molar-refractivity contribution in [3.63, 3.8) is 0 Å². The Kier molecular flexibility index (Phi) is 4.07. The molecule has 1 heterocycles. The fourth-order valence-corrected chi connectivity index (χ4v) is 2.19. The number of carbonyl (C=O) groups is 2. The number of hydrogen-bond donors (Lipinski definition) is 2. The Morgan fingerprint density at radius 3 is 2.52 bits per heavy atom. The highest BCUT2D eigenvalue weighted by Gasteiger charge is 2.15. The van der Waals surface area contributed by atoms with E-state index in [2.05, 4.69) is 10.4 Å². The molecule has 2 rings (SSSR count). The smallest absolute Gasteiger partial charge is 0.335 e. The van der Waals surface area contributed by atoms with Crippen molar-refractivity contribution in [3.8, 4) is 0 Å². The summed E-state index contributed by atoms with van der Waals surface area (Å²) in [4.78, 5) is 23.3. The first-order valence-corrected chi connectivity index (χ1v) is 6.51. The van der Waals surface area contributed by atoms with Crippen LogP contribution in [-0.4, -0.2) is 26.8 Å². The third-order valence-corrected chi connectivity index (χ3v) is 3.37. The Hall–Kier alpha value is -2.63. The minimum absolute atomic E-state index is 0.0102. The van der Waals surface area contributed by atoms with Crippen molar-refractivity contribution in [1.29, 1.82) is 0 Å². The van der Waals surface area contributed by atoms with Crippen LogP contribution in [0.4, 0.5) is 5.69 Å². The lowest BCUT2D eigenvalue weighted by molar-refractivity contribution is -0.115. The van der Waals surface area contributed by atoms with Gasteiger partial charge in [-0.3, -0.25) is 9.48 Å². The highest BCUT2D eigenvalue weighted by atomic mass is 16.4. The summed E-state index contributed by atoms with van der Waals surface area (Å²) in [6.45, 7) is 3.68. The average Bonchev–Trinajstić information content (AvgIpc) is 2.66. The van der Waals surface area contributed by atoms with E-state index in [4.69, 9.17) is 5.11 Å². The highest BCUT2D eigenvalue weighted by molar-refractivity contribution is 5.96. The lowest BCUT2D eigenvalue weighted by Gasteiger charge is -2.08. The van der Waals surface area contributed by atoms with Gasteiger partial charge in [0.05, 0.1) is 29.1 Å². The Bertz CT molecular complexity index is 704. The number of hydrogen-bond acceptors (Lipinski definition) is 3. The van der Waals surface area contributed by atoms with E-state index in [0.29, 0.717) is 11.3 Å². The predicted octanol–water partition coefficient (Wildman–Crippen LogP) is 1.92. The van der Waals surface area contributed by atoms with Crippen molar-refractivity contribution in [2.75, 3.05) is 5.32 Å². The number of aryl methyl sites for hydroxylation is 2. The van der Waals surface area contributed by atoms with Gasteiger partial charge < -0.3 is 10.4 Å². The van der Waals surface area contributed by atoms with Gasteiger partial charge in [0.15, 0.2) is 0 Å². The van der Waals surface area contributed by atoms with Crippen LogP contribution in [0.2, 0.25) is 0 Å². The molecule has 0 atom stereocenters. The van der Waals surface area contributed by atoms with Crippen LogP contribution in [0.15, 0.2) is 24.3 Å². The van der Waals surface area contributed by atoms with E-state index >= 15 is 0 Å². The van der Waals surface area contributed by atoms with Gasteiger partial charge in [0.2, 0.25) is 5.91 Å². The Morgan fingerprint density at radius 1 is 1.29 bits per heavy atom. The van der Waals surface area contributed by atoms with E-state index in [9.17, 15) is 9.59 Å². The number of nitrogens with zero attached hydrogens (tertiary/aromatic N) is 2. The number of aromatic nitrogens is 2. The maximum Gasteiger partial charge on any atom is 0.335 e. The van der Waals surface area contributed by atoms with E-state index in [0.717, 1.165) is 11.4 Å². The molecule has 0 saturated carbocycles. The van der Waals surface area contributed by atoms with Crippen LogP contribution < -0.4 is 5.32 Å². The number of benzene rings is 1. The predicted molar refractivity (Wildman–Crippen MR) is 78.4 cm³/mol.